The Morgan fingerprint density at radius 2 is 2.00 bits per heavy atom. The first-order valence-corrected chi connectivity index (χ1v) is 12.2. The summed E-state index contributed by atoms with van der Waals surface area (Å²) in [5.41, 5.74) is 7.34. The average molecular weight is 475 g/mol. The van der Waals surface area contributed by atoms with E-state index in [4.69, 9.17) is 10.5 Å². The van der Waals surface area contributed by atoms with Crippen molar-refractivity contribution in [3.63, 3.8) is 0 Å². The fourth-order valence-corrected chi connectivity index (χ4v) is 4.96. The van der Waals surface area contributed by atoms with E-state index in [1.807, 2.05) is 13.0 Å². The maximum atomic E-state index is 12.2. The van der Waals surface area contributed by atoms with E-state index in [0.717, 1.165) is 12.8 Å². The number of rotatable bonds is 4. The molecule has 9 nitrogen and oxygen atoms in total. The molecule has 1 saturated heterocycles. The molecule has 1 amide bonds. The molecule has 1 aliphatic carbocycles. The van der Waals surface area contributed by atoms with E-state index in [2.05, 4.69) is 56.4 Å². The number of carbonyl (C=O) groups is 1. The first-order chi connectivity index (χ1) is 17.0. The highest BCUT2D eigenvalue weighted by Gasteiger charge is 2.33. The highest BCUT2D eigenvalue weighted by Crippen LogP contribution is 2.37. The van der Waals surface area contributed by atoms with Crippen LogP contribution in [0.5, 0.6) is 0 Å². The SMILES string of the molecule is CCNC(=O)[C@@H]1CC[C@H](n2cnc3c(N)nc(C#CC4(O)CCC(c5ccccc5)CC4)nc32)O1. The number of nitrogens with zero attached hydrogens (tertiary/aromatic N) is 4. The van der Waals surface area contributed by atoms with Crippen molar-refractivity contribution < 1.29 is 14.6 Å². The number of aromatic nitrogens is 4. The number of anilines is 1. The Hall–Kier alpha value is -3.48. The number of fused-ring (bicyclic) bond motifs is 1. The maximum absolute atomic E-state index is 12.2. The first kappa shape index (κ1) is 23.3. The number of amides is 1. The van der Waals surface area contributed by atoms with Crippen molar-refractivity contribution in [2.45, 2.75) is 69.3 Å². The Morgan fingerprint density at radius 1 is 1.23 bits per heavy atom. The summed E-state index contributed by atoms with van der Waals surface area (Å²) in [6.45, 7) is 2.43. The summed E-state index contributed by atoms with van der Waals surface area (Å²) in [6.07, 6.45) is 4.91. The standard InChI is InChI=1S/C26H30N6O3/c1-2-28-25(33)19-8-9-21(35-19)32-16-29-22-23(27)30-20(31-24(22)32)12-15-26(34)13-10-18(11-14-26)17-6-4-3-5-7-17/h3-7,16,18-19,21,34H,2,8-11,13-14H2,1H3,(H,28,33)(H2,27,30,31)/t18?,19-,21+,26?/m0/s1. The summed E-state index contributed by atoms with van der Waals surface area (Å²) in [7, 11) is 0. The largest absolute Gasteiger partial charge is 0.382 e. The van der Waals surface area contributed by atoms with E-state index < -0.39 is 11.7 Å². The van der Waals surface area contributed by atoms with Crippen LogP contribution in [-0.2, 0) is 9.53 Å². The minimum Gasteiger partial charge on any atom is -0.382 e. The molecule has 1 aromatic carbocycles. The van der Waals surface area contributed by atoms with Crippen LogP contribution in [0.3, 0.4) is 0 Å². The molecule has 5 rings (SSSR count). The third kappa shape index (κ3) is 4.85. The van der Waals surface area contributed by atoms with Gasteiger partial charge in [0.25, 0.3) is 0 Å². The number of likely N-dealkylation sites (N-methyl/N-ethyl adjacent to an activating group) is 1. The van der Waals surface area contributed by atoms with Gasteiger partial charge < -0.3 is 20.9 Å². The summed E-state index contributed by atoms with van der Waals surface area (Å²) in [5, 5.41) is 13.9. The normalized spacial score (nSPS) is 26.3. The van der Waals surface area contributed by atoms with Crippen LogP contribution < -0.4 is 11.1 Å². The molecule has 0 spiro atoms. The van der Waals surface area contributed by atoms with Crippen LogP contribution in [0.1, 0.15) is 69.0 Å². The summed E-state index contributed by atoms with van der Waals surface area (Å²) >= 11 is 0. The van der Waals surface area contributed by atoms with Crippen molar-refractivity contribution in [1.82, 2.24) is 24.8 Å². The predicted octanol–water partition coefficient (Wildman–Crippen LogP) is 2.66. The lowest BCUT2D eigenvalue weighted by Gasteiger charge is -2.32. The van der Waals surface area contributed by atoms with Crippen LogP contribution in [0.2, 0.25) is 0 Å². The Labute approximate surface area is 204 Å². The molecule has 3 heterocycles. The number of carbonyl (C=O) groups excluding carboxylic acids is 1. The van der Waals surface area contributed by atoms with Crippen molar-refractivity contribution in [3.05, 3.63) is 48.0 Å². The second-order valence-electron chi connectivity index (χ2n) is 9.27. The maximum Gasteiger partial charge on any atom is 0.249 e. The molecule has 2 aliphatic rings. The molecule has 0 radical (unpaired) electrons. The van der Waals surface area contributed by atoms with Gasteiger partial charge in [-0.15, -0.1) is 0 Å². The molecule has 0 bridgehead atoms. The smallest absolute Gasteiger partial charge is 0.249 e. The van der Waals surface area contributed by atoms with Gasteiger partial charge in [-0.2, -0.15) is 0 Å². The molecule has 35 heavy (non-hydrogen) atoms. The predicted molar refractivity (Wildman–Crippen MR) is 131 cm³/mol. The molecule has 4 N–H and O–H groups in total. The lowest BCUT2D eigenvalue weighted by atomic mass is 9.76. The lowest BCUT2D eigenvalue weighted by molar-refractivity contribution is -0.133. The van der Waals surface area contributed by atoms with E-state index in [1.165, 1.54) is 5.56 Å². The Bertz CT molecular complexity index is 1270. The van der Waals surface area contributed by atoms with Gasteiger partial charge in [-0.05, 0) is 62.9 Å². The zero-order valence-corrected chi connectivity index (χ0v) is 19.8. The quantitative estimate of drug-likeness (QED) is 0.496. The second kappa shape index (κ2) is 9.64. The van der Waals surface area contributed by atoms with Gasteiger partial charge in [0, 0.05) is 6.54 Å². The Kier molecular flexibility index (Phi) is 6.41. The number of imidazole rings is 1. The summed E-state index contributed by atoms with van der Waals surface area (Å²) in [4.78, 5) is 25.4. The van der Waals surface area contributed by atoms with Gasteiger partial charge in [0.2, 0.25) is 11.7 Å². The number of nitrogens with two attached hydrogens (primary N) is 1. The number of ether oxygens (including phenoxy) is 1. The molecule has 2 atom stereocenters. The molecule has 1 saturated carbocycles. The molecule has 3 aromatic rings. The van der Waals surface area contributed by atoms with Crippen molar-refractivity contribution >= 4 is 22.9 Å². The fourth-order valence-electron chi connectivity index (χ4n) is 4.96. The topological polar surface area (TPSA) is 128 Å². The average Bonchev–Trinajstić information content (AvgIpc) is 3.52. The highest BCUT2D eigenvalue weighted by atomic mass is 16.5. The summed E-state index contributed by atoms with van der Waals surface area (Å²) < 4.78 is 7.73. The third-order valence-electron chi connectivity index (χ3n) is 6.89. The van der Waals surface area contributed by atoms with Crippen molar-refractivity contribution in [1.29, 1.82) is 0 Å². The first-order valence-electron chi connectivity index (χ1n) is 12.2. The van der Waals surface area contributed by atoms with Gasteiger partial charge in [-0.3, -0.25) is 9.36 Å². The zero-order valence-electron chi connectivity index (χ0n) is 19.8. The molecule has 182 valence electrons. The zero-order chi connectivity index (χ0) is 24.4. The third-order valence-corrected chi connectivity index (χ3v) is 6.89. The van der Waals surface area contributed by atoms with Crippen LogP contribution >= 0.6 is 0 Å². The van der Waals surface area contributed by atoms with Crippen molar-refractivity contribution in [2.24, 2.45) is 0 Å². The van der Waals surface area contributed by atoms with Crippen LogP contribution in [-0.4, -0.2) is 48.8 Å². The number of nitrogen functional groups attached to an aromatic ring is 1. The lowest BCUT2D eigenvalue weighted by Crippen LogP contribution is -2.34. The van der Waals surface area contributed by atoms with Gasteiger partial charge in [-0.25, -0.2) is 15.0 Å². The number of hydrogen-bond acceptors (Lipinski definition) is 7. The summed E-state index contributed by atoms with van der Waals surface area (Å²) in [5.74, 6) is 6.72. The minimum atomic E-state index is -1.08. The van der Waals surface area contributed by atoms with Crippen molar-refractivity contribution in [3.8, 4) is 11.8 Å². The fraction of sp³-hybridized carbons (Fsp3) is 0.462. The number of nitrogens with one attached hydrogen (secondary N) is 1. The van der Waals surface area contributed by atoms with E-state index in [0.29, 0.717) is 49.3 Å². The van der Waals surface area contributed by atoms with Crippen LogP contribution in [0.15, 0.2) is 36.7 Å². The van der Waals surface area contributed by atoms with E-state index in [-0.39, 0.29) is 23.8 Å². The Morgan fingerprint density at radius 3 is 2.74 bits per heavy atom. The van der Waals surface area contributed by atoms with Gasteiger partial charge in [0.15, 0.2) is 11.5 Å². The molecule has 2 fully saturated rings. The van der Waals surface area contributed by atoms with Gasteiger partial charge >= 0.3 is 0 Å². The number of benzene rings is 1. The van der Waals surface area contributed by atoms with E-state index >= 15 is 0 Å². The summed E-state index contributed by atoms with van der Waals surface area (Å²) in [6, 6.07) is 10.4. The van der Waals surface area contributed by atoms with Crippen molar-refractivity contribution in [2.75, 3.05) is 12.3 Å². The molecular formula is C26H30N6O3. The van der Waals surface area contributed by atoms with E-state index in [9.17, 15) is 9.90 Å². The van der Waals surface area contributed by atoms with Crippen LogP contribution in [0.25, 0.3) is 11.2 Å². The van der Waals surface area contributed by atoms with Gasteiger partial charge in [0.05, 0.1) is 6.33 Å². The van der Waals surface area contributed by atoms with Gasteiger partial charge in [-0.1, -0.05) is 36.3 Å². The number of hydrogen-bond donors (Lipinski definition) is 3. The van der Waals surface area contributed by atoms with Crippen LogP contribution in [0, 0.1) is 11.8 Å². The van der Waals surface area contributed by atoms with Gasteiger partial charge in [0.1, 0.15) is 23.4 Å². The van der Waals surface area contributed by atoms with Crippen LogP contribution in [0.4, 0.5) is 5.82 Å². The molecule has 9 heteroatoms. The molecule has 1 aliphatic heterocycles. The molecule has 0 unspecified atom stereocenters. The molecule has 2 aromatic heterocycles. The second-order valence-corrected chi connectivity index (χ2v) is 9.27. The number of aliphatic hydroxyl groups is 1. The highest BCUT2D eigenvalue weighted by molar-refractivity contribution is 5.82. The monoisotopic (exact) mass is 474 g/mol. The molecular weight excluding hydrogens is 444 g/mol. The van der Waals surface area contributed by atoms with E-state index in [1.54, 1.807) is 10.9 Å². The Balaban J connectivity index is 1.33. The minimum absolute atomic E-state index is 0.115.